The summed E-state index contributed by atoms with van der Waals surface area (Å²) < 4.78 is 41.2. The highest BCUT2D eigenvalue weighted by Gasteiger charge is 2.40. The molecule has 0 aromatic rings. The summed E-state index contributed by atoms with van der Waals surface area (Å²) in [5.41, 5.74) is 0. The Bertz CT molecular complexity index is 2790. The lowest BCUT2D eigenvalue weighted by atomic mass is 10.0. The van der Waals surface area contributed by atoms with Crippen LogP contribution in [0.5, 0.6) is 0 Å². The molecule has 4 fully saturated rings. The zero-order chi connectivity index (χ0) is 93.2. The number of Topliss-reactive ketones (excluding diaryl/α,β-unsaturated/α-hetero) is 4. The van der Waals surface area contributed by atoms with Gasteiger partial charge in [-0.15, -0.1) is 0 Å². The van der Waals surface area contributed by atoms with E-state index in [1.165, 1.54) is 32.1 Å². The molecule has 4 saturated heterocycles. The van der Waals surface area contributed by atoms with Crippen molar-refractivity contribution in [2.24, 2.45) is 17.8 Å². The number of hydrogen-bond acceptors (Lipinski definition) is 20. The van der Waals surface area contributed by atoms with Crippen LogP contribution in [0.4, 0.5) is 0 Å². The lowest BCUT2D eigenvalue weighted by Gasteiger charge is -2.28. The van der Waals surface area contributed by atoms with Gasteiger partial charge in [0.25, 0.3) is 0 Å². The first-order valence-corrected chi connectivity index (χ1v) is 52.3. The highest BCUT2D eigenvalue weighted by Crippen LogP contribution is 2.30. The average Bonchev–Trinajstić information content (AvgIpc) is 1.71. The predicted molar refractivity (Wildman–Crippen MR) is 515 cm³/mol. The maximum atomic E-state index is 13.0. The van der Waals surface area contributed by atoms with Crippen LogP contribution in [0, 0.1) is 17.8 Å². The van der Waals surface area contributed by atoms with Crippen molar-refractivity contribution in [3.05, 3.63) is 0 Å². The summed E-state index contributed by atoms with van der Waals surface area (Å²) in [4.78, 5) is 107. The topological polar surface area (TPSA) is 250 Å². The fourth-order valence-corrected chi connectivity index (χ4v) is 18.4. The first kappa shape index (κ1) is 119. The van der Waals surface area contributed by atoms with Gasteiger partial charge >= 0.3 is 0 Å². The number of amides is 4. The molecule has 0 saturated carbocycles. The van der Waals surface area contributed by atoms with E-state index >= 15 is 0 Å². The minimum atomic E-state index is -0.170. The molecular weight excluding hydrogens is 1600 g/mol. The molecule has 4 aliphatic rings. The van der Waals surface area contributed by atoms with Gasteiger partial charge in [-0.2, -0.15) is 0 Å². The number of rotatable bonds is 66. The van der Waals surface area contributed by atoms with Gasteiger partial charge in [0.2, 0.25) is 23.6 Å². The van der Waals surface area contributed by atoms with Crippen LogP contribution >= 0.6 is 21.6 Å². The molecule has 0 aromatic heterocycles. The number of nitrogens with one attached hydrogen (secondary N) is 3. The highest BCUT2D eigenvalue weighted by atomic mass is 33.1. The average molecular weight is 1800 g/mol. The van der Waals surface area contributed by atoms with E-state index in [0.29, 0.717) is 152 Å². The summed E-state index contributed by atoms with van der Waals surface area (Å²) in [6, 6.07) is 2.78. The molecule has 728 valence electrons. The highest BCUT2D eigenvalue weighted by molar-refractivity contribution is 8.76. The van der Waals surface area contributed by atoms with Gasteiger partial charge in [-0.25, -0.2) is 0 Å². The van der Waals surface area contributed by atoms with Crippen LogP contribution < -0.4 is 16.0 Å². The van der Waals surface area contributed by atoms with Crippen molar-refractivity contribution in [1.29, 1.82) is 0 Å². The van der Waals surface area contributed by atoms with Gasteiger partial charge in [-0.3, -0.25) is 43.3 Å². The van der Waals surface area contributed by atoms with Gasteiger partial charge in [0.05, 0.1) is 112 Å². The van der Waals surface area contributed by atoms with Crippen molar-refractivity contribution in [2.45, 2.75) is 507 Å². The largest absolute Gasteiger partial charge is 0.377 e. The number of nitrogens with zero attached hydrogens (tertiary/aromatic N) is 4. The van der Waals surface area contributed by atoms with Crippen molar-refractivity contribution >= 4 is 68.3 Å². The fraction of sp³-hybridized carbons (Fsp3) is 0.920. The molecule has 0 bridgehead atoms. The number of carbonyl (C=O) groups excluding carboxylic acids is 8. The maximum absolute atomic E-state index is 13.0. The Morgan fingerprint density at radius 1 is 0.339 bits per heavy atom. The van der Waals surface area contributed by atoms with Crippen LogP contribution in [0.2, 0.25) is 0 Å². The van der Waals surface area contributed by atoms with Crippen molar-refractivity contribution in [3.8, 4) is 0 Å². The van der Waals surface area contributed by atoms with E-state index in [-0.39, 0.29) is 132 Å². The van der Waals surface area contributed by atoms with Crippen molar-refractivity contribution in [1.82, 2.24) is 35.6 Å². The summed E-state index contributed by atoms with van der Waals surface area (Å²) in [5, 5.41) is 10.0. The van der Waals surface area contributed by atoms with Crippen LogP contribution in [-0.2, 0) is 71.5 Å². The van der Waals surface area contributed by atoms with Gasteiger partial charge in [0.15, 0.2) is 0 Å². The van der Waals surface area contributed by atoms with Gasteiger partial charge < -0.3 is 63.8 Å². The minimum absolute atomic E-state index is 0.0418. The van der Waals surface area contributed by atoms with Gasteiger partial charge in [0, 0.05) is 144 Å². The molecule has 0 aliphatic carbocycles. The fourth-order valence-electron chi connectivity index (χ4n) is 16.2. The Labute approximate surface area is 766 Å². The zero-order valence-corrected chi connectivity index (χ0v) is 85.7. The van der Waals surface area contributed by atoms with E-state index in [1.54, 1.807) is 21.6 Å². The minimum Gasteiger partial charge on any atom is -0.377 e. The number of carbonyl (C=O) groups is 8. The van der Waals surface area contributed by atoms with E-state index in [0.717, 1.165) is 147 Å². The zero-order valence-electron chi connectivity index (χ0n) is 84.0. The number of unbranched alkanes of at least 4 members (excludes halogenated alkanes) is 11. The van der Waals surface area contributed by atoms with Gasteiger partial charge in [-0.05, 0) is 207 Å². The van der Waals surface area contributed by atoms with Gasteiger partial charge in [0.1, 0.15) is 23.1 Å². The Hall–Kier alpha value is -3.14. The quantitative estimate of drug-likeness (QED) is 0.0378. The third-order valence-corrected chi connectivity index (χ3v) is 25.3. The molecule has 0 unspecified atom stereocenters. The van der Waals surface area contributed by atoms with Crippen LogP contribution in [0.1, 0.15) is 392 Å². The molecule has 4 aliphatic heterocycles. The van der Waals surface area contributed by atoms with E-state index in [4.69, 9.17) is 33.2 Å². The second kappa shape index (κ2) is 70.6. The molecule has 0 spiro atoms. The van der Waals surface area contributed by atoms with Crippen molar-refractivity contribution < 1.29 is 71.5 Å². The molecule has 4 rings (SSSR count). The Balaban J connectivity index is 0.000000855. The van der Waals surface area contributed by atoms with Gasteiger partial charge in [-0.1, -0.05) is 155 Å². The summed E-state index contributed by atoms with van der Waals surface area (Å²) >= 11 is 0. The molecular formula is C100H191N7O15S2. The molecule has 3 N–H and O–H groups in total. The third kappa shape index (κ3) is 60.0. The summed E-state index contributed by atoms with van der Waals surface area (Å²) in [7, 11) is 3.58. The summed E-state index contributed by atoms with van der Waals surface area (Å²) in [6.45, 7) is 60.2. The second-order valence-corrected chi connectivity index (χ2v) is 42.4. The van der Waals surface area contributed by atoms with Crippen LogP contribution in [0.3, 0.4) is 0 Å². The molecule has 24 heteroatoms. The Kier molecular flexibility index (Phi) is 67.7. The van der Waals surface area contributed by atoms with E-state index in [1.807, 2.05) is 112 Å². The van der Waals surface area contributed by atoms with Crippen LogP contribution in [0.15, 0.2) is 0 Å². The number of ketones is 4. The third-order valence-electron chi connectivity index (χ3n) is 22.7. The number of ether oxygens (including phenoxy) is 7. The normalized spacial score (nSPS) is 19.6. The first-order chi connectivity index (χ1) is 58.6. The summed E-state index contributed by atoms with van der Waals surface area (Å²) in [5.74, 6) is 4.71. The molecule has 9 atom stereocenters. The molecule has 124 heavy (non-hydrogen) atoms. The predicted octanol–water partition coefficient (Wildman–Crippen LogP) is 20.1. The number of hydrogen-bond donors (Lipinski definition) is 3. The molecule has 4 heterocycles. The molecule has 4 amide bonds. The lowest BCUT2D eigenvalue weighted by molar-refractivity contribution is -0.134. The standard InChI is InChI=1S/C33H63N3O5.C27H49NO5S2.C26H49NO4.C14H30N2O/c1-24(2)15-13-18-31(35-25(3)4)33(39)34-20-14-17-29(37)16-11-9-10-12-19-32(38)36-22-30(41-27(7)8)21-28(36)23-40-26(5)6;1-20(2)26(30)13-8-7-11-24(29)12-9-15-34-35-16-10-14-27(31)28-18-25(33-22(5)6)17-23(28)19-32-21(3)4;1-20(2)25(28)15-13-11-9-7-8-10-12-14-16-26(29)27-18-24(31-22(5)6)17-23(27)19-30-21(3)4;1-10(2)15-13-7-14(9-17-12(5)6)16(8-13)11(3)4/h24-28,30-31,35H,9-23H2,1-8H3,(H,34,39);20-23,25H,7-19H2,1-6H3;20-24H,7-19H2,1-6H3;10-15H,7-9H2,1-6H3/t28-,30+,31+;23-,25+;23-,24+;13-,14+/m0001/s1. The second-order valence-electron chi connectivity index (χ2n) is 39.7. The number of likely N-dealkylation sites (tertiary alicyclic amines) is 4. The molecule has 22 nitrogen and oxygen atoms in total. The van der Waals surface area contributed by atoms with Crippen LogP contribution in [-0.4, -0.2) is 252 Å². The van der Waals surface area contributed by atoms with Crippen molar-refractivity contribution in [3.63, 3.8) is 0 Å². The monoisotopic (exact) mass is 1790 g/mol. The van der Waals surface area contributed by atoms with E-state index in [9.17, 15) is 38.4 Å². The van der Waals surface area contributed by atoms with Crippen LogP contribution in [0.25, 0.3) is 0 Å². The van der Waals surface area contributed by atoms with E-state index < -0.39 is 0 Å². The SMILES string of the molecule is CC(C)CCC[C@@H](NC(C)C)C(=O)NCCCC(=O)CCCCCCC(=O)N1C[C@H](OC(C)C)C[C@H]1COC(C)C.CC(C)N[C@@H]1C[C@@H](COC(C)C)N(C(C)C)C1.CC(C)OC[C@@H]1C[C@@H](OC(C)C)CN1C(=O)CCCCCCCCCCC(=O)C(C)C.CC(C)OC[C@@H]1C[C@@H](OC(C)C)CN1C(=O)CCCSSCCCC(=O)CCCCC(=O)C(C)C. The lowest BCUT2D eigenvalue weighted by Crippen LogP contribution is -2.47. The summed E-state index contributed by atoms with van der Waals surface area (Å²) in [6.07, 6.45) is 30.5. The first-order valence-electron chi connectivity index (χ1n) is 49.8. The van der Waals surface area contributed by atoms with Crippen molar-refractivity contribution in [2.75, 3.05) is 70.7 Å². The molecule has 0 aromatic carbocycles. The molecule has 0 radical (unpaired) electrons. The van der Waals surface area contributed by atoms with E-state index in [2.05, 4.69) is 104 Å². The Morgan fingerprint density at radius 2 is 0.669 bits per heavy atom. The maximum Gasteiger partial charge on any atom is 0.237 e. The Morgan fingerprint density at radius 3 is 1.02 bits per heavy atom. The smallest absolute Gasteiger partial charge is 0.237 e.